The Morgan fingerprint density at radius 1 is 1.35 bits per heavy atom. The lowest BCUT2D eigenvalue weighted by atomic mass is 9.77. The van der Waals surface area contributed by atoms with Crippen LogP contribution < -0.4 is 5.32 Å². The lowest BCUT2D eigenvalue weighted by Crippen LogP contribution is -2.46. The van der Waals surface area contributed by atoms with E-state index in [9.17, 15) is 9.18 Å². The molecule has 1 atom stereocenters. The number of amides is 1. The number of hydrogen-bond donors (Lipinski definition) is 1. The van der Waals surface area contributed by atoms with Crippen molar-refractivity contribution in [1.82, 2.24) is 10.2 Å². The zero-order valence-corrected chi connectivity index (χ0v) is 14.5. The molecule has 0 aliphatic carbocycles. The first-order valence-electron chi connectivity index (χ1n) is 8.32. The number of likely N-dealkylation sites (tertiary alicyclic amines) is 1. The van der Waals surface area contributed by atoms with Crippen LogP contribution in [0.3, 0.4) is 0 Å². The van der Waals surface area contributed by atoms with E-state index in [4.69, 9.17) is 0 Å². The third-order valence-corrected chi connectivity index (χ3v) is 5.32. The maximum Gasteiger partial charge on any atom is 0.225 e. The molecule has 3 rings (SSSR count). The number of carbonyl (C=O) groups excluding carboxylic acids is 1. The molecule has 1 aromatic carbocycles. The molecule has 1 spiro atoms. The van der Waals surface area contributed by atoms with Crippen molar-refractivity contribution in [2.75, 3.05) is 26.2 Å². The average Bonchev–Trinajstić information content (AvgIpc) is 2.95. The van der Waals surface area contributed by atoms with E-state index in [0.29, 0.717) is 11.8 Å². The Kier molecular flexibility index (Phi) is 6.04. The molecule has 128 valence electrons. The monoisotopic (exact) mass is 340 g/mol. The minimum Gasteiger partial charge on any atom is -0.342 e. The Hall–Kier alpha value is -1.13. The maximum atomic E-state index is 13.2. The zero-order chi connectivity index (χ0) is 15.6. The summed E-state index contributed by atoms with van der Waals surface area (Å²) < 4.78 is 13.2. The molecule has 23 heavy (non-hydrogen) atoms. The highest BCUT2D eigenvalue weighted by molar-refractivity contribution is 5.85. The molecular formula is C18H26ClFN2O. The van der Waals surface area contributed by atoms with Crippen LogP contribution in [0.5, 0.6) is 0 Å². The molecule has 3 nitrogen and oxygen atoms in total. The van der Waals surface area contributed by atoms with Crippen LogP contribution in [-0.2, 0) is 11.2 Å². The van der Waals surface area contributed by atoms with Gasteiger partial charge in [-0.1, -0.05) is 19.1 Å². The van der Waals surface area contributed by atoms with Gasteiger partial charge < -0.3 is 10.2 Å². The molecule has 0 radical (unpaired) electrons. The van der Waals surface area contributed by atoms with E-state index in [1.807, 2.05) is 17.9 Å². The van der Waals surface area contributed by atoms with Crippen LogP contribution in [0.4, 0.5) is 4.39 Å². The van der Waals surface area contributed by atoms with Gasteiger partial charge in [0.1, 0.15) is 5.82 Å². The molecule has 2 saturated heterocycles. The molecule has 0 saturated carbocycles. The van der Waals surface area contributed by atoms with Gasteiger partial charge in [-0.2, -0.15) is 0 Å². The molecule has 5 heteroatoms. The maximum absolute atomic E-state index is 13.2. The molecular weight excluding hydrogens is 315 g/mol. The van der Waals surface area contributed by atoms with Crippen molar-refractivity contribution in [3.8, 4) is 0 Å². The van der Waals surface area contributed by atoms with Gasteiger partial charge in [-0.15, -0.1) is 12.4 Å². The summed E-state index contributed by atoms with van der Waals surface area (Å²) in [5.41, 5.74) is 1.33. The normalized spacial score (nSPS) is 21.0. The Balaban J connectivity index is 0.00000192. The van der Waals surface area contributed by atoms with Gasteiger partial charge in [0, 0.05) is 25.6 Å². The van der Waals surface area contributed by atoms with Gasteiger partial charge in [0.2, 0.25) is 5.91 Å². The van der Waals surface area contributed by atoms with Gasteiger partial charge in [0.25, 0.3) is 0 Å². The number of piperidine rings is 1. The Morgan fingerprint density at radius 3 is 2.70 bits per heavy atom. The van der Waals surface area contributed by atoms with Gasteiger partial charge in [-0.3, -0.25) is 4.79 Å². The largest absolute Gasteiger partial charge is 0.342 e. The van der Waals surface area contributed by atoms with E-state index in [2.05, 4.69) is 5.32 Å². The van der Waals surface area contributed by atoms with E-state index in [1.54, 1.807) is 6.07 Å². The number of halogens is 2. The minimum atomic E-state index is -0.231. The third kappa shape index (κ3) is 4.24. The molecule has 0 aromatic heterocycles. The number of nitrogens with one attached hydrogen (secondary N) is 1. The summed E-state index contributed by atoms with van der Waals surface area (Å²) in [6.45, 7) is 5.91. The van der Waals surface area contributed by atoms with Crippen LogP contribution in [0, 0.1) is 17.2 Å². The van der Waals surface area contributed by atoms with Crippen molar-refractivity contribution in [2.45, 2.75) is 32.6 Å². The van der Waals surface area contributed by atoms with E-state index >= 15 is 0 Å². The number of nitrogens with zero attached hydrogens (tertiary/aromatic N) is 1. The standard InChI is InChI=1S/C18H25FN2O.ClH/c1-14(11-15-3-2-4-16(19)12-15)17(22)21-9-6-18(7-10-21)5-8-20-13-18;/h2-4,12,14,20H,5-11,13H2,1H3;1H. The Morgan fingerprint density at radius 2 is 2.09 bits per heavy atom. The lowest BCUT2D eigenvalue weighted by molar-refractivity contribution is -0.137. The fourth-order valence-electron chi connectivity index (χ4n) is 3.84. The van der Waals surface area contributed by atoms with Crippen LogP contribution in [0.1, 0.15) is 31.7 Å². The second-order valence-corrected chi connectivity index (χ2v) is 6.99. The van der Waals surface area contributed by atoms with Crippen LogP contribution in [0.2, 0.25) is 0 Å². The molecule has 2 aliphatic rings. The second-order valence-electron chi connectivity index (χ2n) is 6.99. The summed E-state index contributed by atoms with van der Waals surface area (Å²) in [6, 6.07) is 6.57. The highest BCUT2D eigenvalue weighted by Gasteiger charge is 2.38. The van der Waals surface area contributed by atoms with Gasteiger partial charge >= 0.3 is 0 Å². The van der Waals surface area contributed by atoms with E-state index in [-0.39, 0.29) is 30.0 Å². The van der Waals surface area contributed by atoms with Gasteiger partial charge in [0.15, 0.2) is 0 Å². The van der Waals surface area contributed by atoms with Crippen molar-refractivity contribution in [2.24, 2.45) is 11.3 Å². The molecule has 1 amide bonds. The predicted octanol–water partition coefficient (Wildman–Crippen LogP) is 3.03. The van der Waals surface area contributed by atoms with Crippen LogP contribution in [0.25, 0.3) is 0 Å². The average molecular weight is 341 g/mol. The molecule has 2 aliphatic heterocycles. The Bertz CT molecular complexity index is 536. The lowest BCUT2D eigenvalue weighted by Gasteiger charge is -2.39. The van der Waals surface area contributed by atoms with Crippen LogP contribution in [0.15, 0.2) is 24.3 Å². The molecule has 1 N–H and O–H groups in total. The fourth-order valence-corrected chi connectivity index (χ4v) is 3.84. The first-order chi connectivity index (χ1) is 10.6. The van der Waals surface area contributed by atoms with Crippen molar-refractivity contribution in [1.29, 1.82) is 0 Å². The smallest absolute Gasteiger partial charge is 0.225 e. The number of benzene rings is 1. The van der Waals surface area contributed by atoms with Crippen molar-refractivity contribution >= 4 is 18.3 Å². The summed E-state index contributed by atoms with van der Waals surface area (Å²) in [4.78, 5) is 14.6. The third-order valence-electron chi connectivity index (χ3n) is 5.32. The van der Waals surface area contributed by atoms with E-state index < -0.39 is 0 Å². The quantitative estimate of drug-likeness (QED) is 0.917. The van der Waals surface area contributed by atoms with Crippen molar-refractivity contribution < 1.29 is 9.18 Å². The number of carbonyl (C=O) groups is 1. The Labute approximate surface area is 144 Å². The number of rotatable bonds is 3. The highest BCUT2D eigenvalue weighted by Crippen LogP contribution is 2.37. The number of hydrogen-bond acceptors (Lipinski definition) is 2. The molecule has 0 bridgehead atoms. The van der Waals surface area contributed by atoms with Gasteiger partial charge in [0.05, 0.1) is 0 Å². The summed E-state index contributed by atoms with van der Waals surface area (Å²) in [5, 5.41) is 3.45. The first kappa shape index (κ1) is 18.2. The predicted molar refractivity (Wildman–Crippen MR) is 92.2 cm³/mol. The van der Waals surface area contributed by atoms with Crippen LogP contribution >= 0.6 is 12.4 Å². The first-order valence-corrected chi connectivity index (χ1v) is 8.32. The summed E-state index contributed by atoms with van der Waals surface area (Å²) in [7, 11) is 0. The fraction of sp³-hybridized carbons (Fsp3) is 0.611. The second kappa shape index (κ2) is 7.63. The van der Waals surface area contributed by atoms with Crippen molar-refractivity contribution in [3.05, 3.63) is 35.6 Å². The van der Waals surface area contributed by atoms with Crippen molar-refractivity contribution in [3.63, 3.8) is 0 Å². The topological polar surface area (TPSA) is 32.3 Å². The minimum absolute atomic E-state index is 0. The van der Waals surface area contributed by atoms with Crippen LogP contribution in [-0.4, -0.2) is 37.0 Å². The summed E-state index contributed by atoms with van der Waals surface area (Å²) in [6.07, 6.45) is 4.07. The van der Waals surface area contributed by atoms with Gasteiger partial charge in [-0.05, 0) is 55.3 Å². The molecule has 2 heterocycles. The zero-order valence-electron chi connectivity index (χ0n) is 13.7. The van der Waals surface area contributed by atoms with Gasteiger partial charge in [-0.25, -0.2) is 4.39 Å². The molecule has 1 unspecified atom stereocenters. The molecule has 1 aromatic rings. The molecule has 2 fully saturated rings. The summed E-state index contributed by atoms with van der Waals surface area (Å²) >= 11 is 0. The highest BCUT2D eigenvalue weighted by atomic mass is 35.5. The van der Waals surface area contributed by atoms with E-state index in [1.165, 1.54) is 18.6 Å². The van der Waals surface area contributed by atoms with E-state index in [0.717, 1.165) is 44.6 Å². The summed E-state index contributed by atoms with van der Waals surface area (Å²) in [5.74, 6) is -0.103. The SMILES string of the molecule is CC(Cc1cccc(F)c1)C(=O)N1CCC2(CCNC2)CC1.Cl.